The summed E-state index contributed by atoms with van der Waals surface area (Å²) in [5, 5.41) is 9.41. The Morgan fingerprint density at radius 1 is 1.44 bits per heavy atom. The maximum Gasteiger partial charge on any atom is 0.271 e. The summed E-state index contributed by atoms with van der Waals surface area (Å²) in [7, 11) is 0. The van der Waals surface area contributed by atoms with Gasteiger partial charge in [0.05, 0.1) is 5.02 Å². The standard InChI is InChI=1S/C9H6ClFN4O/c10-6-4(2-1-3-5(6)11)7-8(9(12)16)14-15-13-7/h1-3H,(H2,12,16)(H,13,14,15). The van der Waals surface area contributed by atoms with Gasteiger partial charge in [0, 0.05) is 5.56 Å². The van der Waals surface area contributed by atoms with Crippen molar-refractivity contribution in [1.29, 1.82) is 0 Å². The minimum Gasteiger partial charge on any atom is -0.364 e. The Bertz CT molecular complexity index is 554. The van der Waals surface area contributed by atoms with Gasteiger partial charge in [-0.25, -0.2) is 4.39 Å². The van der Waals surface area contributed by atoms with Crippen LogP contribution in [0.25, 0.3) is 11.3 Å². The van der Waals surface area contributed by atoms with Crippen molar-refractivity contribution in [3.63, 3.8) is 0 Å². The van der Waals surface area contributed by atoms with Gasteiger partial charge < -0.3 is 5.73 Å². The van der Waals surface area contributed by atoms with E-state index in [1.165, 1.54) is 18.2 Å². The van der Waals surface area contributed by atoms with Crippen molar-refractivity contribution in [2.45, 2.75) is 0 Å². The molecule has 0 saturated carbocycles. The Labute approximate surface area is 94.4 Å². The molecule has 82 valence electrons. The number of rotatable bonds is 2. The predicted octanol–water partition coefficient (Wildman–Crippen LogP) is 1.36. The molecule has 0 radical (unpaired) electrons. The zero-order valence-electron chi connectivity index (χ0n) is 7.87. The molecule has 0 unspecified atom stereocenters. The molecule has 1 aromatic heterocycles. The van der Waals surface area contributed by atoms with Crippen molar-refractivity contribution >= 4 is 17.5 Å². The molecule has 1 heterocycles. The smallest absolute Gasteiger partial charge is 0.271 e. The van der Waals surface area contributed by atoms with Crippen molar-refractivity contribution in [3.8, 4) is 11.3 Å². The summed E-state index contributed by atoms with van der Waals surface area (Å²) in [4.78, 5) is 11.0. The van der Waals surface area contributed by atoms with Crippen molar-refractivity contribution in [2.75, 3.05) is 0 Å². The second-order valence-electron chi connectivity index (χ2n) is 2.99. The van der Waals surface area contributed by atoms with Crippen molar-refractivity contribution in [1.82, 2.24) is 15.4 Å². The Morgan fingerprint density at radius 3 is 2.88 bits per heavy atom. The Balaban J connectivity index is 2.63. The van der Waals surface area contributed by atoms with E-state index in [2.05, 4.69) is 15.4 Å². The number of benzene rings is 1. The number of primary amides is 1. The molecule has 0 bridgehead atoms. The number of aromatic amines is 1. The first-order chi connectivity index (χ1) is 7.61. The van der Waals surface area contributed by atoms with Crippen LogP contribution in [-0.4, -0.2) is 21.3 Å². The summed E-state index contributed by atoms with van der Waals surface area (Å²) in [5.74, 6) is -1.36. The molecule has 0 aliphatic heterocycles. The van der Waals surface area contributed by atoms with Crippen LogP contribution < -0.4 is 5.73 Å². The quantitative estimate of drug-likeness (QED) is 0.831. The summed E-state index contributed by atoms with van der Waals surface area (Å²) in [6.45, 7) is 0. The number of aromatic nitrogens is 3. The number of carbonyl (C=O) groups excluding carboxylic acids is 1. The number of nitrogens with two attached hydrogens (primary N) is 1. The molecule has 0 fully saturated rings. The molecule has 1 aromatic carbocycles. The molecule has 5 nitrogen and oxygen atoms in total. The van der Waals surface area contributed by atoms with Crippen LogP contribution in [0.1, 0.15) is 10.5 Å². The lowest BCUT2D eigenvalue weighted by Gasteiger charge is -2.01. The fraction of sp³-hybridized carbons (Fsp3) is 0. The minimum atomic E-state index is -0.760. The van der Waals surface area contributed by atoms with Gasteiger partial charge in [-0.1, -0.05) is 23.7 Å². The third-order valence-electron chi connectivity index (χ3n) is 1.99. The van der Waals surface area contributed by atoms with Gasteiger partial charge in [-0.05, 0) is 6.07 Å². The number of halogens is 2. The number of nitrogens with one attached hydrogen (secondary N) is 1. The fourth-order valence-electron chi connectivity index (χ4n) is 1.28. The molecule has 3 N–H and O–H groups in total. The normalized spacial score (nSPS) is 10.4. The summed E-state index contributed by atoms with van der Waals surface area (Å²) >= 11 is 5.75. The van der Waals surface area contributed by atoms with E-state index >= 15 is 0 Å². The molecule has 7 heteroatoms. The highest BCUT2D eigenvalue weighted by atomic mass is 35.5. The van der Waals surface area contributed by atoms with E-state index in [1.807, 2.05) is 0 Å². The van der Waals surface area contributed by atoms with Gasteiger partial charge in [-0.2, -0.15) is 15.4 Å². The summed E-state index contributed by atoms with van der Waals surface area (Å²) < 4.78 is 13.2. The number of H-pyrrole nitrogens is 1. The Morgan fingerprint density at radius 2 is 2.19 bits per heavy atom. The van der Waals surface area contributed by atoms with E-state index in [9.17, 15) is 9.18 Å². The SMILES string of the molecule is NC(=O)c1n[nH]nc1-c1cccc(F)c1Cl. The van der Waals surface area contributed by atoms with E-state index in [0.29, 0.717) is 0 Å². The Hall–Kier alpha value is -1.95. The van der Waals surface area contributed by atoms with Crippen molar-refractivity contribution < 1.29 is 9.18 Å². The van der Waals surface area contributed by atoms with E-state index in [-0.39, 0.29) is 22.0 Å². The number of hydrogen-bond donors (Lipinski definition) is 2. The topological polar surface area (TPSA) is 84.7 Å². The zero-order valence-corrected chi connectivity index (χ0v) is 8.62. The van der Waals surface area contributed by atoms with Crippen LogP contribution in [0.15, 0.2) is 18.2 Å². The maximum absolute atomic E-state index is 13.2. The fourth-order valence-corrected chi connectivity index (χ4v) is 1.49. The number of nitrogens with zero attached hydrogens (tertiary/aromatic N) is 2. The summed E-state index contributed by atoms with van der Waals surface area (Å²) in [5.41, 5.74) is 5.41. The molecule has 2 aromatic rings. The third-order valence-corrected chi connectivity index (χ3v) is 2.37. The second-order valence-corrected chi connectivity index (χ2v) is 3.36. The molecule has 0 atom stereocenters. The highest BCUT2D eigenvalue weighted by Gasteiger charge is 2.18. The molecule has 1 amide bonds. The van der Waals surface area contributed by atoms with E-state index < -0.39 is 11.7 Å². The first-order valence-electron chi connectivity index (χ1n) is 4.26. The molecule has 0 saturated heterocycles. The lowest BCUT2D eigenvalue weighted by atomic mass is 10.1. The highest BCUT2D eigenvalue weighted by molar-refractivity contribution is 6.33. The van der Waals surface area contributed by atoms with Gasteiger partial charge in [0.2, 0.25) is 0 Å². The first kappa shape index (κ1) is 10.6. The van der Waals surface area contributed by atoms with Crippen LogP contribution in [0.2, 0.25) is 5.02 Å². The van der Waals surface area contributed by atoms with Gasteiger partial charge in [-0.15, -0.1) is 0 Å². The Kier molecular flexibility index (Phi) is 2.57. The average molecular weight is 241 g/mol. The first-order valence-corrected chi connectivity index (χ1v) is 4.64. The van der Waals surface area contributed by atoms with Crippen LogP contribution in [0.4, 0.5) is 4.39 Å². The van der Waals surface area contributed by atoms with Crippen LogP contribution in [0.3, 0.4) is 0 Å². The zero-order chi connectivity index (χ0) is 11.7. The molecule has 0 aliphatic carbocycles. The highest BCUT2D eigenvalue weighted by Crippen LogP contribution is 2.29. The van der Waals surface area contributed by atoms with Gasteiger partial charge in [0.15, 0.2) is 5.69 Å². The largest absolute Gasteiger partial charge is 0.364 e. The number of carbonyl (C=O) groups is 1. The summed E-state index contributed by atoms with van der Waals surface area (Å²) in [6, 6.07) is 4.18. The van der Waals surface area contributed by atoms with Crippen LogP contribution in [0, 0.1) is 5.82 Å². The predicted molar refractivity (Wildman–Crippen MR) is 55.3 cm³/mol. The molecule has 2 rings (SSSR count). The van der Waals surface area contributed by atoms with Gasteiger partial charge in [0.1, 0.15) is 11.5 Å². The second kappa shape index (κ2) is 3.90. The molecular weight excluding hydrogens is 235 g/mol. The monoisotopic (exact) mass is 240 g/mol. The number of hydrogen-bond acceptors (Lipinski definition) is 3. The van der Waals surface area contributed by atoms with Gasteiger partial charge >= 0.3 is 0 Å². The molecule has 0 spiro atoms. The summed E-state index contributed by atoms with van der Waals surface area (Å²) in [6.07, 6.45) is 0. The van der Waals surface area contributed by atoms with E-state index in [4.69, 9.17) is 17.3 Å². The van der Waals surface area contributed by atoms with Gasteiger partial charge in [0.25, 0.3) is 5.91 Å². The van der Waals surface area contributed by atoms with Crippen molar-refractivity contribution in [2.24, 2.45) is 5.73 Å². The lowest BCUT2D eigenvalue weighted by molar-refractivity contribution is 0.0996. The van der Waals surface area contributed by atoms with Crippen LogP contribution in [0.5, 0.6) is 0 Å². The average Bonchev–Trinajstić information content (AvgIpc) is 2.70. The van der Waals surface area contributed by atoms with Crippen molar-refractivity contribution in [3.05, 3.63) is 34.7 Å². The lowest BCUT2D eigenvalue weighted by Crippen LogP contribution is -2.12. The molecular formula is C9H6ClFN4O. The van der Waals surface area contributed by atoms with E-state index in [0.717, 1.165) is 0 Å². The van der Waals surface area contributed by atoms with E-state index in [1.54, 1.807) is 0 Å². The van der Waals surface area contributed by atoms with Crippen LogP contribution >= 0.6 is 11.6 Å². The molecule has 0 aliphatic rings. The molecule has 16 heavy (non-hydrogen) atoms. The van der Waals surface area contributed by atoms with Gasteiger partial charge in [-0.3, -0.25) is 4.79 Å². The minimum absolute atomic E-state index is 0.0764. The van der Waals surface area contributed by atoms with Crippen LogP contribution in [-0.2, 0) is 0 Å². The number of amides is 1. The third kappa shape index (κ3) is 1.63. The maximum atomic E-state index is 13.2.